The summed E-state index contributed by atoms with van der Waals surface area (Å²) in [6, 6.07) is 15.5. The number of ether oxygens (including phenoxy) is 1. The summed E-state index contributed by atoms with van der Waals surface area (Å²) >= 11 is 0. The molecule has 10 nitrogen and oxygen atoms in total. The molecule has 3 heterocycles. The number of nitrogens with zero attached hydrogens (tertiary/aromatic N) is 3. The maximum absolute atomic E-state index is 14.1. The number of anilines is 3. The number of rotatable bonds is 8. The van der Waals surface area contributed by atoms with E-state index in [1.54, 1.807) is 24.3 Å². The molecule has 6 rings (SSSR count). The summed E-state index contributed by atoms with van der Waals surface area (Å²) in [5.41, 5.74) is 11.2. The van der Waals surface area contributed by atoms with E-state index in [9.17, 15) is 18.7 Å². The quantitative estimate of drug-likeness (QED) is 0.102. The Labute approximate surface area is 278 Å². The molecule has 4 aromatic rings. The third kappa shape index (κ3) is 7.72. The maximum atomic E-state index is 14.1. The fourth-order valence-corrected chi connectivity index (χ4v) is 6.19. The first kappa shape index (κ1) is 32.9. The van der Waals surface area contributed by atoms with Gasteiger partial charge in [-0.25, -0.2) is 13.8 Å². The van der Waals surface area contributed by atoms with Gasteiger partial charge < -0.3 is 36.0 Å². The van der Waals surface area contributed by atoms with Crippen molar-refractivity contribution in [3.8, 4) is 17.0 Å². The minimum absolute atomic E-state index is 0.103. The highest BCUT2D eigenvalue weighted by Gasteiger charge is 2.23. The van der Waals surface area contributed by atoms with Gasteiger partial charge in [0.05, 0.1) is 5.56 Å². The molecule has 2 aliphatic rings. The van der Waals surface area contributed by atoms with E-state index in [1.165, 1.54) is 24.4 Å². The Balaban J connectivity index is 1.30. The molecule has 0 bridgehead atoms. The van der Waals surface area contributed by atoms with Gasteiger partial charge in [-0.1, -0.05) is 0 Å². The zero-order chi connectivity index (χ0) is 33.8. The summed E-state index contributed by atoms with van der Waals surface area (Å²) in [6.45, 7) is 4.93. The van der Waals surface area contributed by atoms with Gasteiger partial charge in [0.15, 0.2) is 0 Å². The van der Waals surface area contributed by atoms with Crippen molar-refractivity contribution >= 4 is 28.8 Å². The van der Waals surface area contributed by atoms with Gasteiger partial charge in [-0.15, -0.1) is 0 Å². The number of halogens is 2. The maximum Gasteiger partial charge on any atom is 0.258 e. The van der Waals surface area contributed by atoms with Crippen molar-refractivity contribution in [2.45, 2.75) is 25.3 Å². The number of amidine groups is 1. The van der Waals surface area contributed by atoms with Gasteiger partial charge in [0.1, 0.15) is 17.5 Å². The fourth-order valence-electron chi connectivity index (χ4n) is 6.19. The molecular formula is C36H39F2N7O3. The summed E-state index contributed by atoms with van der Waals surface area (Å²) in [5, 5.41) is 24.9. The van der Waals surface area contributed by atoms with Crippen LogP contribution in [0.1, 0.15) is 39.9 Å². The minimum atomic E-state index is -0.711. The number of pyridine rings is 1. The number of carbonyl (C=O) groups excluding carboxylic acids is 1. The number of carbonyl (C=O) groups is 1. The van der Waals surface area contributed by atoms with Crippen LogP contribution in [0.3, 0.4) is 0 Å². The summed E-state index contributed by atoms with van der Waals surface area (Å²) < 4.78 is 33.7. The number of nitrogens with two attached hydrogens (primary N) is 1. The van der Waals surface area contributed by atoms with E-state index < -0.39 is 17.5 Å². The van der Waals surface area contributed by atoms with Gasteiger partial charge in [-0.3, -0.25) is 10.2 Å². The van der Waals surface area contributed by atoms with Gasteiger partial charge in [0, 0.05) is 92.0 Å². The lowest BCUT2D eigenvalue weighted by Gasteiger charge is -2.34. The van der Waals surface area contributed by atoms with Crippen LogP contribution < -0.4 is 21.3 Å². The van der Waals surface area contributed by atoms with E-state index in [1.807, 2.05) is 12.1 Å². The van der Waals surface area contributed by atoms with Crippen molar-refractivity contribution in [2.75, 3.05) is 62.4 Å². The third-order valence-corrected chi connectivity index (χ3v) is 8.86. The van der Waals surface area contributed by atoms with E-state index in [0.717, 1.165) is 50.8 Å². The van der Waals surface area contributed by atoms with Crippen molar-refractivity contribution in [3.63, 3.8) is 0 Å². The van der Waals surface area contributed by atoms with Crippen LogP contribution in [0.15, 0.2) is 66.9 Å². The number of nitrogen functional groups attached to an aromatic ring is 1. The first-order chi connectivity index (χ1) is 23.1. The summed E-state index contributed by atoms with van der Waals surface area (Å²) in [4.78, 5) is 22.4. The second kappa shape index (κ2) is 14.4. The van der Waals surface area contributed by atoms with Crippen molar-refractivity contribution in [2.24, 2.45) is 0 Å². The second-order valence-electron chi connectivity index (χ2n) is 12.3. The summed E-state index contributed by atoms with van der Waals surface area (Å²) in [7, 11) is 2.10. The van der Waals surface area contributed by atoms with Crippen LogP contribution >= 0.6 is 0 Å². The van der Waals surface area contributed by atoms with E-state index in [-0.39, 0.29) is 35.4 Å². The molecule has 0 radical (unpaired) electrons. The molecule has 2 fully saturated rings. The van der Waals surface area contributed by atoms with Crippen LogP contribution in [0.4, 0.5) is 25.8 Å². The lowest BCUT2D eigenvalue weighted by molar-refractivity contribution is 0.0904. The first-order valence-electron chi connectivity index (χ1n) is 16.0. The Morgan fingerprint density at radius 2 is 1.73 bits per heavy atom. The number of aromatic nitrogens is 1. The third-order valence-electron chi connectivity index (χ3n) is 8.86. The number of aromatic hydroxyl groups is 1. The SMILES string of the molecule is CN1CCN(c2ccc(C(=O)NC(=N)c3cc(Cc4cc(F)cc(F)c4)c(-c4ccc(O)nc4)cc3N)c(NC3CCOCC3)c2)CC1. The fraction of sp³-hybridized carbons (Fsp3) is 0.306. The molecule has 6 N–H and O–H groups in total. The molecule has 12 heteroatoms. The molecule has 0 atom stereocenters. The van der Waals surface area contributed by atoms with Gasteiger partial charge in [0.2, 0.25) is 5.88 Å². The Morgan fingerprint density at radius 1 is 1.00 bits per heavy atom. The highest BCUT2D eigenvalue weighted by molar-refractivity contribution is 6.15. The smallest absolute Gasteiger partial charge is 0.258 e. The lowest BCUT2D eigenvalue weighted by Crippen LogP contribution is -2.44. The predicted molar refractivity (Wildman–Crippen MR) is 183 cm³/mol. The summed E-state index contributed by atoms with van der Waals surface area (Å²) in [5.74, 6) is -2.28. The van der Waals surface area contributed by atoms with Gasteiger partial charge in [-0.05, 0) is 91.5 Å². The van der Waals surface area contributed by atoms with Crippen molar-refractivity contribution in [3.05, 3.63) is 101 Å². The normalized spacial score (nSPS) is 15.7. The lowest BCUT2D eigenvalue weighted by atomic mass is 9.92. The molecule has 1 amide bonds. The molecule has 2 aliphatic heterocycles. The van der Waals surface area contributed by atoms with Crippen LogP contribution in [0.2, 0.25) is 0 Å². The molecule has 2 saturated heterocycles. The van der Waals surface area contributed by atoms with E-state index >= 15 is 0 Å². The number of piperazine rings is 1. The zero-order valence-corrected chi connectivity index (χ0v) is 26.7. The van der Waals surface area contributed by atoms with E-state index in [0.29, 0.717) is 46.7 Å². The van der Waals surface area contributed by atoms with Crippen molar-refractivity contribution in [1.29, 1.82) is 5.41 Å². The molecule has 48 heavy (non-hydrogen) atoms. The number of hydrogen-bond donors (Lipinski definition) is 5. The highest BCUT2D eigenvalue weighted by atomic mass is 19.1. The van der Waals surface area contributed by atoms with E-state index in [2.05, 4.69) is 32.5 Å². The molecule has 250 valence electrons. The van der Waals surface area contributed by atoms with Crippen LogP contribution in [0, 0.1) is 17.0 Å². The van der Waals surface area contributed by atoms with Crippen LogP contribution in [0.5, 0.6) is 5.88 Å². The number of likely N-dealkylation sites (N-methyl/N-ethyl adjacent to an activating group) is 1. The number of hydrogen-bond acceptors (Lipinski definition) is 9. The zero-order valence-electron chi connectivity index (χ0n) is 26.7. The average Bonchev–Trinajstić information content (AvgIpc) is 3.06. The topological polar surface area (TPSA) is 140 Å². The van der Waals surface area contributed by atoms with Crippen LogP contribution in [0.25, 0.3) is 11.1 Å². The standard InChI is InChI=1S/C36H39F2N7O3/c1-44-8-10-45(11-9-44)28-3-4-29(33(19-28)42-27-6-12-48-13-7-27)36(47)43-35(40)31-17-24(14-22-15-25(37)18-26(38)16-22)30(20-32(31)39)23-2-5-34(46)41-21-23/h2-5,15-21,27,42H,6-14,39H2,1H3,(H,41,46)(H2,40,43,47). The van der Waals surface area contributed by atoms with Gasteiger partial charge in [-0.2, -0.15) is 0 Å². The molecule has 3 aromatic carbocycles. The Bertz CT molecular complexity index is 1780. The monoisotopic (exact) mass is 655 g/mol. The average molecular weight is 656 g/mol. The van der Waals surface area contributed by atoms with Crippen molar-refractivity contribution < 1.29 is 23.4 Å². The number of amides is 1. The molecular weight excluding hydrogens is 616 g/mol. The molecule has 1 aromatic heterocycles. The van der Waals surface area contributed by atoms with Crippen LogP contribution in [-0.2, 0) is 11.2 Å². The first-order valence-corrected chi connectivity index (χ1v) is 16.0. The van der Waals surface area contributed by atoms with Crippen molar-refractivity contribution in [1.82, 2.24) is 15.2 Å². The predicted octanol–water partition coefficient (Wildman–Crippen LogP) is 5.00. The largest absolute Gasteiger partial charge is 0.493 e. The molecule has 0 unspecified atom stereocenters. The highest BCUT2D eigenvalue weighted by Crippen LogP contribution is 2.32. The molecule has 0 spiro atoms. The van der Waals surface area contributed by atoms with Crippen LogP contribution in [-0.4, -0.2) is 79.2 Å². The minimum Gasteiger partial charge on any atom is -0.493 e. The van der Waals surface area contributed by atoms with Gasteiger partial charge >= 0.3 is 0 Å². The van der Waals surface area contributed by atoms with E-state index in [4.69, 9.17) is 15.9 Å². The van der Waals surface area contributed by atoms with Gasteiger partial charge in [0.25, 0.3) is 5.91 Å². The number of benzene rings is 3. The Kier molecular flexibility index (Phi) is 9.83. The summed E-state index contributed by atoms with van der Waals surface area (Å²) in [6.07, 6.45) is 3.19. The molecule has 0 aliphatic carbocycles. The Morgan fingerprint density at radius 3 is 2.42 bits per heavy atom. The Hall–Kier alpha value is -5.07. The molecule has 0 saturated carbocycles. The second-order valence-corrected chi connectivity index (χ2v) is 12.3. The number of nitrogens with one attached hydrogen (secondary N) is 3.